The highest BCUT2D eigenvalue weighted by Gasteiger charge is 2.53. The van der Waals surface area contributed by atoms with Gasteiger partial charge in [-0.05, 0) is 58.1 Å². The Labute approximate surface area is 214 Å². The lowest BCUT2D eigenvalue weighted by Gasteiger charge is -2.35. The van der Waals surface area contributed by atoms with Gasteiger partial charge in [0, 0.05) is 36.3 Å². The van der Waals surface area contributed by atoms with Crippen molar-refractivity contribution < 1.29 is 9.59 Å². The molecule has 3 aromatic rings. The lowest BCUT2D eigenvalue weighted by Crippen LogP contribution is -2.43. The molecule has 37 heavy (non-hydrogen) atoms. The molecule has 0 radical (unpaired) electrons. The van der Waals surface area contributed by atoms with Crippen LogP contribution in [0.15, 0.2) is 30.7 Å². The van der Waals surface area contributed by atoms with Crippen LogP contribution in [0, 0.1) is 37.0 Å². The van der Waals surface area contributed by atoms with E-state index in [9.17, 15) is 14.9 Å². The number of anilines is 1. The number of carbonyl (C=O) groups excluding carboxylic acids is 2. The molecule has 188 valence electrons. The maximum atomic E-state index is 12.8. The van der Waals surface area contributed by atoms with E-state index in [1.54, 1.807) is 28.2 Å². The average Bonchev–Trinajstić information content (AvgIpc) is 3.32. The molecule has 0 spiro atoms. The van der Waals surface area contributed by atoms with Gasteiger partial charge in [0.2, 0.25) is 5.91 Å². The standard InChI is InChI=1S/C27H28N8O2/c1-14-4-5-17(9-28)24(31-14)18-6-21(7-18)33-26(36)20-10-30-35(13-20)16(3)23-11-29-25(15(2)32-23)34-12-19-8-22(19)27(34)37/h4-5,10-11,13,16,18-19,21-22H,6-8,12H2,1-3H3,(H,33,36)/t16-,18?,19+,21?,22+/m0/s1. The molecule has 1 saturated heterocycles. The Morgan fingerprint density at radius 2 is 2.00 bits per heavy atom. The van der Waals surface area contributed by atoms with Crippen LogP contribution in [0.5, 0.6) is 0 Å². The molecule has 6 rings (SSSR count). The minimum absolute atomic E-state index is 0.0347. The number of rotatable bonds is 6. The Kier molecular flexibility index (Phi) is 5.51. The highest BCUT2D eigenvalue weighted by atomic mass is 16.2. The smallest absolute Gasteiger partial charge is 0.254 e. The van der Waals surface area contributed by atoms with Crippen LogP contribution in [-0.4, -0.2) is 49.1 Å². The van der Waals surface area contributed by atoms with Gasteiger partial charge in [-0.1, -0.05) is 0 Å². The number of carbonyl (C=O) groups is 2. The fourth-order valence-electron chi connectivity index (χ4n) is 5.44. The number of fused-ring (bicyclic) bond motifs is 1. The first-order valence-corrected chi connectivity index (χ1v) is 12.7. The predicted octanol–water partition coefficient (Wildman–Crippen LogP) is 2.82. The first-order valence-electron chi connectivity index (χ1n) is 12.7. The van der Waals surface area contributed by atoms with Gasteiger partial charge in [-0.2, -0.15) is 10.4 Å². The molecule has 3 fully saturated rings. The molecule has 0 aromatic carbocycles. The van der Waals surface area contributed by atoms with Gasteiger partial charge in [0.05, 0.1) is 46.6 Å². The third kappa shape index (κ3) is 4.14. The van der Waals surface area contributed by atoms with Crippen LogP contribution in [0.2, 0.25) is 0 Å². The molecule has 2 aliphatic carbocycles. The van der Waals surface area contributed by atoms with Crippen LogP contribution < -0.4 is 10.2 Å². The number of nitrogens with zero attached hydrogens (tertiary/aromatic N) is 7. The monoisotopic (exact) mass is 496 g/mol. The van der Waals surface area contributed by atoms with E-state index in [4.69, 9.17) is 4.98 Å². The van der Waals surface area contributed by atoms with E-state index in [2.05, 4.69) is 26.5 Å². The first-order chi connectivity index (χ1) is 17.8. The second-order valence-corrected chi connectivity index (χ2v) is 10.5. The molecule has 1 aliphatic heterocycles. The van der Waals surface area contributed by atoms with E-state index < -0.39 is 0 Å². The zero-order valence-corrected chi connectivity index (χ0v) is 21.0. The SMILES string of the molecule is Cc1ccc(C#N)c(C2CC(NC(=O)c3cnn([C@@H](C)c4cnc(N5C[C@H]6C[C@H]6C5=O)c(C)n4)c3)C2)n1. The third-order valence-electron chi connectivity index (χ3n) is 7.85. The Hall–Kier alpha value is -4.13. The second kappa shape index (κ2) is 8.76. The largest absolute Gasteiger partial charge is 0.349 e. The molecule has 1 N–H and O–H groups in total. The molecule has 10 heteroatoms. The lowest BCUT2D eigenvalue weighted by molar-refractivity contribution is -0.118. The molecule has 3 atom stereocenters. The topological polar surface area (TPSA) is 130 Å². The normalized spacial score (nSPS) is 24.7. The number of nitriles is 1. The third-order valence-corrected chi connectivity index (χ3v) is 7.85. The summed E-state index contributed by atoms with van der Waals surface area (Å²) >= 11 is 0. The van der Waals surface area contributed by atoms with Crippen LogP contribution in [-0.2, 0) is 4.79 Å². The van der Waals surface area contributed by atoms with Crippen LogP contribution in [0.25, 0.3) is 0 Å². The van der Waals surface area contributed by atoms with E-state index in [-0.39, 0.29) is 35.7 Å². The van der Waals surface area contributed by atoms with Gasteiger partial charge in [0.25, 0.3) is 5.91 Å². The summed E-state index contributed by atoms with van der Waals surface area (Å²) in [5.74, 6) is 1.44. The molecule has 10 nitrogen and oxygen atoms in total. The van der Waals surface area contributed by atoms with Crippen molar-refractivity contribution >= 4 is 17.6 Å². The number of hydrogen-bond donors (Lipinski definition) is 1. The first kappa shape index (κ1) is 23.3. The number of amides is 2. The van der Waals surface area contributed by atoms with Crippen molar-refractivity contribution in [1.82, 2.24) is 30.0 Å². The van der Waals surface area contributed by atoms with Gasteiger partial charge >= 0.3 is 0 Å². The zero-order chi connectivity index (χ0) is 25.8. The number of hydrogen-bond acceptors (Lipinski definition) is 7. The molecule has 0 unspecified atom stereocenters. The predicted molar refractivity (Wildman–Crippen MR) is 134 cm³/mol. The van der Waals surface area contributed by atoms with E-state index >= 15 is 0 Å². The quantitative estimate of drug-likeness (QED) is 0.555. The van der Waals surface area contributed by atoms with Crippen molar-refractivity contribution in [2.24, 2.45) is 11.8 Å². The van der Waals surface area contributed by atoms with Crippen LogP contribution in [0.3, 0.4) is 0 Å². The molecule has 4 heterocycles. The molecular formula is C27H28N8O2. The number of aryl methyl sites for hydroxylation is 2. The van der Waals surface area contributed by atoms with Crippen molar-refractivity contribution in [2.75, 3.05) is 11.4 Å². The maximum absolute atomic E-state index is 12.8. The summed E-state index contributed by atoms with van der Waals surface area (Å²) < 4.78 is 1.70. The zero-order valence-electron chi connectivity index (χ0n) is 21.0. The number of nitrogens with one attached hydrogen (secondary N) is 1. The molecular weight excluding hydrogens is 468 g/mol. The second-order valence-electron chi connectivity index (χ2n) is 10.5. The minimum Gasteiger partial charge on any atom is -0.349 e. The van der Waals surface area contributed by atoms with E-state index in [1.165, 1.54) is 0 Å². The van der Waals surface area contributed by atoms with Gasteiger partial charge < -0.3 is 5.32 Å². The van der Waals surface area contributed by atoms with Gasteiger partial charge in [-0.25, -0.2) is 4.98 Å². The van der Waals surface area contributed by atoms with Crippen molar-refractivity contribution in [2.45, 2.75) is 58.0 Å². The van der Waals surface area contributed by atoms with E-state index in [0.717, 1.165) is 37.2 Å². The minimum atomic E-state index is -0.227. The highest BCUT2D eigenvalue weighted by Crippen LogP contribution is 2.47. The Morgan fingerprint density at radius 3 is 2.70 bits per heavy atom. The Morgan fingerprint density at radius 1 is 1.19 bits per heavy atom. The number of piperidine rings is 1. The maximum Gasteiger partial charge on any atom is 0.254 e. The number of aromatic nitrogens is 5. The van der Waals surface area contributed by atoms with Crippen molar-refractivity contribution in [3.05, 3.63) is 64.6 Å². The van der Waals surface area contributed by atoms with Gasteiger partial charge in [-0.3, -0.25) is 29.1 Å². The molecule has 2 amide bonds. The average molecular weight is 497 g/mol. The highest BCUT2D eigenvalue weighted by molar-refractivity contribution is 5.99. The van der Waals surface area contributed by atoms with Crippen molar-refractivity contribution in [3.63, 3.8) is 0 Å². The van der Waals surface area contributed by atoms with Gasteiger partial charge in [0.1, 0.15) is 6.07 Å². The molecule has 3 aromatic heterocycles. The fraction of sp³-hybridized carbons (Fsp3) is 0.444. The van der Waals surface area contributed by atoms with Crippen molar-refractivity contribution in [3.8, 4) is 6.07 Å². The summed E-state index contributed by atoms with van der Waals surface area (Å²) in [6.45, 7) is 6.47. The summed E-state index contributed by atoms with van der Waals surface area (Å²) in [5, 5.41) is 16.8. The lowest BCUT2D eigenvalue weighted by atomic mass is 9.76. The molecule has 2 saturated carbocycles. The van der Waals surface area contributed by atoms with Crippen LogP contribution in [0.4, 0.5) is 5.82 Å². The summed E-state index contributed by atoms with van der Waals surface area (Å²) in [6.07, 6.45) is 7.47. The summed E-state index contributed by atoms with van der Waals surface area (Å²) in [5.41, 5.74) is 4.22. The summed E-state index contributed by atoms with van der Waals surface area (Å²) in [7, 11) is 0. The number of pyridine rings is 1. The van der Waals surface area contributed by atoms with Crippen LogP contribution in [0.1, 0.15) is 76.8 Å². The summed E-state index contributed by atoms with van der Waals surface area (Å²) in [4.78, 5) is 40.9. The Balaban J connectivity index is 1.08. The van der Waals surface area contributed by atoms with Crippen LogP contribution >= 0.6 is 0 Å². The van der Waals surface area contributed by atoms with Gasteiger partial charge in [-0.15, -0.1) is 0 Å². The fourth-order valence-corrected chi connectivity index (χ4v) is 5.44. The van der Waals surface area contributed by atoms with Crippen molar-refractivity contribution in [1.29, 1.82) is 5.26 Å². The summed E-state index contributed by atoms with van der Waals surface area (Å²) in [6, 6.07) is 5.68. The van der Waals surface area contributed by atoms with E-state index in [0.29, 0.717) is 34.3 Å². The van der Waals surface area contributed by atoms with E-state index in [1.807, 2.05) is 32.9 Å². The molecule has 0 bridgehead atoms. The Bertz CT molecular complexity index is 1450. The van der Waals surface area contributed by atoms with Gasteiger partial charge in [0.15, 0.2) is 5.82 Å². The molecule has 3 aliphatic rings.